The van der Waals surface area contributed by atoms with Gasteiger partial charge in [0.05, 0.1) is 12.1 Å². The Morgan fingerprint density at radius 2 is 1.33 bits per heavy atom. The molecule has 2 atom stereocenters. The van der Waals surface area contributed by atoms with Crippen molar-refractivity contribution in [2.45, 2.75) is 38.5 Å². The van der Waals surface area contributed by atoms with Crippen molar-refractivity contribution in [2.75, 3.05) is 0 Å². The Hall–Kier alpha value is -1.88. The summed E-state index contributed by atoms with van der Waals surface area (Å²) in [5.41, 5.74) is -3.56. The van der Waals surface area contributed by atoms with Crippen molar-refractivity contribution in [1.82, 2.24) is 5.32 Å². The van der Waals surface area contributed by atoms with Gasteiger partial charge in [0, 0.05) is 5.41 Å². The lowest BCUT2D eigenvalue weighted by Gasteiger charge is -2.20. The first-order valence-corrected chi connectivity index (χ1v) is 6.31. The Morgan fingerprint density at radius 3 is 1.72 bits per heavy atom. The third-order valence-corrected chi connectivity index (χ3v) is 5.14. The zero-order valence-corrected chi connectivity index (χ0v) is 9.95. The summed E-state index contributed by atoms with van der Waals surface area (Å²) in [6.07, 6.45) is 5.11. The van der Waals surface area contributed by atoms with Crippen LogP contribution in [0.5, 0.6) is 0 Å². The molecule has 0 aromatic carbocycles. The summed E-state index contributed by atoms with van der Waals surface area (Å²) < 4.78 is 0. The van der Waals surface area contributed by atoms with E-state index in [4.69, 9.17) is 0 Å². The third kappa shape index (κ3) is 0.772. The number of fused-ring (bicyclic) bond motifs is 3. The molecule has 0 aromatic rings. The van der Waals surface area contributed by atoms with Crippen LogP contribution in [0.3, 0.4) is 0 Å². The molecule has 1 spiro atoms. The van der Waals surface area contributed by atoms with Crippen molar-refractivity contribution in [3.63, 3.8) is 0 Å². The minimum absolute atomic E-state index is 0.557. The molecule has 5 nitrogen and oxygen atoms in total. The van der Waals surface area contributed by atoms with Crippen LogP contribution in [0.25, 0.3) is 0 Å². The van der Waals surface area contributed by atoms with Gasteiger partial charge >= 0.3 is 0 Å². The Morgan fingerprint density at radius 1 is 0.889 bits per heavy atom. The van der Waals surface area contributed by atoms with Crippen LogP contribution < -0.4 is 5.32 Å². The first-order chi connectivity index (χ1) is 8.63. The van der Waals surface area contributed by atoms with Crippen molar-refractivity contribution in [3.05, 3.63) is 0 Å². The zero-order valence-electron chi connectivity index (χ0n) is 9.95. The van der Waals surface area contributed by atoms with Crippen LogP contribution in [0, 0.1) is 38.9 Å². The van der Waals surface area contributed by atoms with Crippen LogP contribution in [0.1, 0.15) is 38.5 Å². The zero-order chi connectivity index (χ0) is 13.0. The van der Waals surface area contributed by atoms with Crippen molar-refractivity contribution in [3.8, 4) is 12.1 Å². The quantitative estimate of drug-likeness (QED) is 0.642. The van der Waals surface area contributed by atoms with E-state index >= 15 is 0 Å². The molecular weight excluding hydrogens is 230 g/mol. The molecular formula is C13H13N3O2. The highest BCUT2D eigenvalue weighted by molar-refractivity contribution is 6.19. The number of carbonyl (C=O) groups excluding carboxylic acids is 2. The standard InChI is InChI=1S/C13H13N3O2/c14-7-12-9(17)16-10(18)13(12,8-15)11(12)5-3-1-2-4-6-11/h1-6H2,(H,16,17,18)/t12-,13+. The molecule has 1 N–H and O–H groups in total. The van der Waals surface area contributed by atoms with Crippen LogP contribution in [0.4, 0.5) is 0 Å². The summed E-state index contributed by atoms with van der Waals surface area (Å²) in [7, 11) is 0. The van der Waals surface area contributed by atoms with Crippen LogP contribution in [-0.2, 0) is 9.59 Å². The van der Waals surface area contributed by atoms with Gasteiger partial charge in [-0.25, -0.2) is 0 Å². The molecule has 92 valence electrons. The second kappa shape index (κ2) is 3.11. The lowest BCUT2D eigenvalue weighted by molar-refractivity contribution is -0.131. The second-order valence-corrected chi connectivity index (χ2v) is 5.50. The Labute approximate surface area is 105 Å². The van der Waals surface area contributed by atoms with Crippen molar-refractivity contribution in [1.29, 1.82) is 10.5 Å². The van der Waals surface area contributed by atoms with Gasteiger partial charge in [-0.1, -0.05) is 25.7 Å². The maximum atomic E-state index is 12.0. The van der Waals surface area contributed by atoms with E-state index in [9.17, 15) is 20.1 Å². The predicted octanol–water partition coefficient (Wildman–Crippen LogP) is 1.02. The minimum Gasteiger partial charge on any atom is -0.293 e. The Balaban J connectivity index is 2.19. The van der Waals surface area contributed by atoms with Crippen molar-refractivity contribution in [2.24, 2.45) is 16.2 Å². The van der Waals surface area contributed by atoms with E-state index in [1.54, 1.807) is 0 Å². The van der Waals surface area contributed by atoms with Gasteiger partial charge < -0.3 is 0 Å². The number of hydrogen-bond acceptors (Lipinski definition) is 4. The van der Waals surface area contributed by atoms with Gasteiger partial charge in [0.2, 0.25) is 11.8 Å². The number of nitriles is 2. The van der Waals surface area contributed by atoms with E-state index in [-0.39, 0.29) is 0 Å². The fourth-order valence-electron chi connectivity index (χ4n) is 4.32. The molecule has 1 heterocycles. The molecule has 3 fully saturated rings. The molecule has 2 saturated carbocycles. The summed E-state index contributed by atoms with van der Waals surface area (Å²) in [4.78, 5) is 24.0. The van der Waals surface area contributed by atoms with E-state index in [0.29, 0.717) is 12.8 Å². The van der Waals surface area contributed by atoms with Crippen LogP contribution in [-0.4, -0.2) is 11.8 Å². The number of piperidine rings is 1. The highest BCUT2D eigenvalue weighted by atomic mass is 16.2. The molecule has 3 aliphatic rings. The average Bonchev–Trinajstić information content (AvgIpc) is 2.91. The summed E-state index contributed by atoms with van der Waals surface area (Å²) in [6.45, 7) is 0. The van der Waals surface area contributed by atoms with E-state index in [1.165, 1.54) is 0 Å². The fraction of sp³-hybridized carbons (Fsp3) is 0.692. The van der Waals surface area contributed by atoms with Gasteiger partial charge in [-0.2, -0.15) is 10.5 Å². The first kappa shape index (κ1) is 11.2. The number of hydrogen-bond donors (Lipinski definition) is 1. The van der Waals surface area contributed by atoms with Gasteiger partial charge in [0.1, 0.15) is 0 Å². The molecule has 0 radical (unpaired) electrons. The molecule has 2 amide bonds. The normalized spacial score (nSPS) is 40.3. The lowest BCUT2D eigenvalue weighted by Crippen LogP contribution is -2.37. The van der Waals surface area contributed by atoms with Gasteiger partial charge in [-0.05, 0) is 12.8 Å². The summed E-state index contributed by atoms with van der Waals surface area (Å²) in [5.74, 6) is -1.11. The van der Waals surface area contributed by atoms with Crippen molar-refractivity contribution < 1.29 is 9.59 Å². The molecule has 0 aromatic heterocycles. The second-order valence-electron chi connectivity index (χ2n) is 5.50. The van der Waals surface area contributed by atoms with Gasteiger partial charge in [0.25, 0.3) is 0 Å². The number of carbonyl (C=O) groups is 2. The lowest BCUT2D eigenvalue weighted by atomic mass is 9.83. The highest BCUT2D eigenvalue weighted by Crippen LogP contribution is 2.84. The molecule has 0 bridgehead atoms. The van der Waals surface area contributed by atoms with Gasteiger partial charge in [-0.15, -0.1) is 0 Å². The van der Waals surface area contributed by atoms with Crippen LogP contribution >= 0.6 is 0 Å². The highest BCUT2D eigenvalue weighted by Gasteiger charge is 2.97. The van der Waals surface area contributed by atoms with Crippen molar-refractivity contribution >= 4 is 11.8 Å². The van der Waals surface area contributed by atoms with Crippen LogP contribution in [0.2, 0.25) is 0 Å². The van der Waals surface area contributed by atoms with Crippen LogP contribution in [0.15, 0.2) is 0 Å². The summed E-state index contributed by atoms with van der Waals surface area (Å²) >= 11 is 0. The molecule has 18 heavy (non-hydrogen) atoms. The Kier molecular flexibility index (Phi) is 1.94. The van der Waals surface area contributed by atoms with E-state index in [1.807, 2.05) is 12.1 Å². The van der Waals surface area contributed by atoms with E-state index in [0.717, 1.165) is 25.7 Å². The summed E-state index contributed by atoms with van der Waals surface area (Å²) in [5, 5.41) is 21.1. The smallest absolute Gasteiger partial charge is 0.249 e. The topological polar surface area (TPSA) is 93.8 Å². The molecule has 1 aliphatic heterocycles. The molecule has 0 unspecified atom stereocenters. The summed E-state index contributed by atoms with van der Waals surface area (Å²) in [6, 6.07) is 4.04. The van der Waals surface area contributed by atoms with Gasteiger partial charge in [-0.3, -0.25) is 14.9 Å². The van der Waals surface area contributed by atoms with Gasteiger partial charge in [0.15, 0.2) is 10.8 Å². The maximum absolute atomic E-state index is 12.0. The molecule has 5 heteroatoms. The number of rotatable bonds is 0. The molecule has 2 aliphatic carbocycles. The maximum Gasteiger partial charge on any atom is 0.249 e. The minimum atomic E-state index is -1.42. The fourth-order valence-corrected chi connectivity index (χ4v) is 4.32. The molecule has 3 rings (SSSR count). The number of amides is 2. The van der Waals surface area contributed by atoms with E-state index < -0.39 is 28.1 Å². The SMILES string of the molecule is N#C[C@@]12C(=O)NC(=O)[C@]1(C#N)C21CCCCCC1. The number of imide groups is 1. The Bertz CT molecular complexity index is 493. The molecule has 1 saturated heterocycles. The van der Waals surface area contributed by atoms with E-state index in [2.05, 4.69) is 5.32 Å². The average molecular weight is 243 g/mol. The number of nitrogens with one attached hydrogen (secondary N) is 1. The predicted molar refractivity (Wildman–Crippen MR) is 59.4 cm³/mol. The monoisotopic (exact) mass is 243 g/mol. The first-order valence-electron chi connectivity index (χ1n) is 6.31. The largest absolute Gasteiger partial charge is 0.293 e. The number of nitrogens with zero attached hydrogens (tertiary/aromatic N) is 2. The third-order valence-electron chi connectivity index (χ3n) is 5.14.